The van der Waals surface area contributed by atoms with Gasteiger partial charge in [-0.15, -0.1) is 11.3 Å². The minimum Gasteiger partial charge on any atom is -0.345 e. The van der Waals surface area contributed by atoms with Crippen molar-refractivity contribution in [2.24, 2.45) is 0 Å². The Morgan fingerprint density at radius 2 is 1.69 bits per heavy atom. The maximum atomic E-state index is 14.0. The van der Waals surface area contributed by atoms with E-state index in [9.17, 15) is 17.2 Å². The summed E-state index contributed by atoms with van der Waals surface area (Å²) in [6.45, 7) is 3.52. The molecule has 0 bridgehead atoms. The number of thiazole rings is 1. The van der Waals surface area contributed by atoms with Crippen molar-refractivity contribution in [2.45, 2.75) is 31.1 Å². The predicted octanol–water partition coefficient (Wildman–Crippen LogP) is 4.48. The van der Waals surface area contributed by atoms with Crippen LogP contribution in [0.1, 0.15) is 30.2 Å². The summed E-state index contributed by atoms with van der Waals surface area (Å²) in [5, 5.41) is 2.89. The third-order valence-corrected chi connectivity index (χ3v) is 8.39. The zero-order valence-electron chi connectivity index (χ0n) is 17.8. The Morgan fingerprint density at radius 3 is 2.34 bits per heavy atom. The average molecular weight is 478 g/mol. The molecule has 0 aliphatic carbocycles. The molecule has 1 aromatic heterocycles. The Hall–Kier alpha value is -2.36. The summed E-state index contributed by atoms with van der Waals surface area (Å²) in [4.78, 5) is 6.29. The second kappa shape index (κ2) is 9.64. The molecule has 5 nitrogen and oxygen atoms in total. The molecule has 9 heteroatoms. The van der Waals surface area contributed by atoms with Crippen LogP contribution < -0.4 is 4.90 Å². The van der Waals surface area contributed by atoms with Crippen LogP contribution in [0.2, 0.25) is 0 Å². The number of rotatable bonds is 7. The van der Waals surface area contributed by atoms with Crippen molar-refractivity contribution in [1.82, 2.24) is 9.29 Å². The largest absolute Gasteiger partial charge is 0.345 e. The molecule has 170 valence electrons. The van der Waals surface area contributed by atoms with Gasteiger partial charge in [0.25, 0.3) is 0 Å². The van der Waals surface area contributed by atoms with Crippen LogP contribution in [0.25, 0.3) is 0 Å². The van der Waals surface area contributed by atoms with E-state index in [1.165, 1.54) is 15.4 Å². The molecule has 1 aliphatic rings. The van der Waals surface area contributed by atoms with Gasteiger partial charge in [-0.25, -0.2) is 22.2 Å². The zero-order chi connectivity index (χ0) is 22.7. The number of hydrogen-bond donors (Lipinski definition) is 0. The molecule has 4 rings (SSSR count). The minimum atomic E-state index is -4.01. The first-order valence-electron chi connectivity index (χ1n) is 10.6. The van der Waals surface area contributed by atoms with Gasteiger partial charge >= 0.3 is 0 Å². The van der Waals surface area contributed by atoms with Crippen molar-refractivity contribution in [1.29, 1.82) is 0 Å². The normalized spacial score (nSPS) is 15.3. The average Bonchev–Trinajstić information content (AvgIpc) is 3.24. The van der Waals surface area contributed by atoms with E-state index in [1.807, 2.05) is 10.3 Å². The second-order valence-corrected chi connectivity index (χ2v) is 10.6. The molecule has 1 aliphatic heterocycles. The lowest BCUT2D eigenvalue weighted by Gasteiger charge is -2.33. The summed E-state index contributed by atoms with van der Waals surface area (Å²) in [7, 11) is -4.01. The first kappa shape index (κ1) is 22.8. The van der Waals surface area contributed by atoms with E-state index in [4.69, 9.17) is 4.98 Å². The van der Waals surface area contributed by atoms with E-state index in [1.54, 1.807) is 11.3 Å². The molecule has 0 atom stereocenters. The molecule has 0 spiro atoms. The molecular weight excluding hydrogens is 452 g/mol. The van der Waals surface area contributed by atoms with Crippen LogP contribution in [0.15, 0.2) is 52.7 Å². The molecule has 0 N–H and O–H groups in total. The highest BCUT2D eigenvalue weighted by Gasteiger charge is 2.31. The molecule has 2 heterocycles. The number of nitrogens with zero attached hydrogens (tertiary/aromatic N) is 3. The minimum absolute atomic E-state index is 0.215. The highest BCUT2D eigenvalue weighted by molar-refractivity contribution is 7.89. The van der Waals surface area contributed by atoms with Crippen LogP contribution in [-0.4, -0.2) is 43.9 Å². The Balaban J connectivity index is 1.38. The Labute approximate surface area is 191 Å². The van der Waals surface area contributed by atoms with E-state index in [-0.39, 0.29) is 13.1 Å². The summed E-state index contributed by atoms with van der Waals surface area (Å²) in [5.41, 5.74) is 3.53. The van der Waals surface area contributed by atoms with Crippen molar-refractivity contribution < 1.29 is 17.2 Å². The van der Waals surface area contributed by atoms with Gasteiger partial charge in [0.2, 0.25) is 10.0 Å². The highest BCUT2D eigenvalue weighted by Crippen LogP contribution is 2.26. The molecular formula is C23H25F2N3O2S2. The second-order valence-electron chi connectivity index (χ2n) is 7.83. The van der Waals surface area contributed by atoms with Gasteiger partial charge in [0.15, 0.2) is 5.13 Å². The van der Waals surface area contributed by atoms with Crippen LogP contribution in [-0.2, 0) is 22.9 Å². The zero-order valence-corrected chi connectivity index (χ0v) is 19.4. The molecule has 32 heavy (non-hydrogen) atoms. The van der Waals surface area contributed by atoms with Crippen molar-refractivity contribution >= 4 is 26.5 Å². The molecule has 3 aromatic rings. The Kier molecular flexibility index (Phi) is 6.88. The molecule has 2 aromatic carbocycles. The quantitative estimate of drug-likeness (QED) is 0.504. The van der Waals surface area contributed by atoms with Gasteiger partial charge in [0, 0.05) is 44.0 Å². The van der Waals surface area contributed by atoms with Gasteiger partial charge in [-0.1, -0.05) is 37.6 Å². The Bertz CT molecular complexity index is 1170. The van der Waals surface area contributed by atoms with Crippen molar-refractivity contribution in [3.63, 3.8) is 0 Å². The van der Waals surface area contributed by atoms with Crippen LogP contribution in [0.3, 0.4) is 0 Å². The topological polar surface area (TPSA) is 53.5 Å². The first-order chi connectivity index (χ1) is 15.4. The molecule has 1 fully saturated rings. The standard InChI is InChI=1S/C23H25F2N3O2S2/c1-2-3-17-4-6-18(7-5-17)14-20-16-31-23(26-20)27-10-12-28(13-11-27)32(29,30)22-9-8-19(24)15-21(22)25/h4-9,15-16H,2-3,10-14H2,1H3. The number of hydrogen-bond acceptors (Lipinski definition) is 5. The van der Waals surface area contributed by atoms with Crippen LogP contribution in [0.5, 0.6) is 0 Å². The lowest BCUT2D eigenvalue weighted by molar-refractivity contribution is 0.382. The number of halogens is 2. The van der Waals surface area contributed by atoms with E-state index in [0.717, 1.165) is 42.2 Å². The van der Waals surface area contributed by atoms with E-state index in [2.05, 4.69) is 31.2 Å². The first-order valence-corrected chi connectivity index (χ1v) is 12.9. The van der Waals surface area contributed by atoms with Gasteiger partial charge in [-0.2, -0.15) is 4.31 Å². The van der Waals surface area contributed by atoms with Crippen LogP contribution in [0.4, 0.5) is 13.9 Å². The maximum Gasteiger partial charge on any atom is 0.246 e. The van der Waals surface area contributed by atoms with Gasteiger partial charge in [0.05, 0.1) is 5.69 Å². The third-order valence-electron chi connectivity index (χ3n) is 5.51. The van der Waals surface area contributed by atoms with Crippen LogP contribution >= 0.6 is 11.3 Å². The lowest BCUT2D eigenvalue weighted by atomic mass is 10.1. The number of aromatic nitrogens is 1. The fourth-order valence-corrected chi connectivity index (χ4v) is 6.13. The molecule has 0 amide bonds. The SMILES string of the molecule is CCCc1ccc(Cc2csc(N3CCN(S(=O)(=O)c4ccc(F)cc4F)CC3)n2)cc1. The van der Waals surface area contributed by atoms with E-state index < -0.39 is 26.6 Å². The summed E-state index contributed by atoms with van der Waals surface area (Å²) in [6, 6.07) is 11.1. The van der Waals surface area contributed by atoms with Crippen molar-refractivity contribution in [3.8, 4) is 0 Å². The molecule has 0 unspecified atom stereocenters. The number of anilines is 1. The summed E-state index contributed by atoms with van der Waals surface area (Å²) in [6.07, 6.45) is 2.96. The van der Waals surface area contributed by atoms with Crippen molar-refractivity contribution in [2.75, 3.05) is 31.1 Å². The van der Waals surface area contributed by atoms with E-state index >= 15 is 0 Å². The fourth-order valence-electron chi connectivity index (χ4n) is 3.79. The number of benzene rings is 2. The van der Waals surface area contributed by atoms with Crippen LogP contribution in [0, 0.1) is 11.6 Å². The van der Waals surface area contributed by atoms with Gasteiger partial charge in [-0.05, 0) is 29.7 Å². The summed E-state index contributed by atoms with van der Waals surface area (Å²) >= 11 is 1.54. The third kappa shape index (κ3) is 5.00. The molecule has 0 radical (unpaired) electrons. The number of sulfonamides is 1. The lowest BCUT2D eigenvalue weighted by Crippen LogP contribution is -2.48. The maximum absolute atomic E-state index is 14.0. The van der Waals surface area contributed by atoms with Gasteiger partial charge < -0.3 is 4.90 Å². The van der Waals surface area contributed by atoms with E-state index in [0.29, 0.717) is 19.2 Å². The molecule has 0 saturated carbocycles. The van der Waals surface area contributed by atoms with Gasteiger partial charge in [-0.3, -0.25) is 0 Å². The predicted molar refractivity (Wildman–Crippen MR) is 123 cm³/mol. The number of piperazine rings is 1. The Morgan fingerprint density at radius 1 is 1.00 bits per heavy atom. The smallest absolute Gasteiger partial charge is 0.246 e. The monoisotopic (exact) mass is 477 g/mol. The summed E-state index contributed by atoms with van der Waals surface area (Å²) < 4.78 is 53.9. The highest BCUT2D eigenvalue weighted by atomic mass is 32.2. The molecule has 1 saturated heterocycles. The summed E-state index contributed by atoms with van der Waals surface area (Å²) in [5.74, 6) is -1.87. The van der Waals surface area contributed by atoms with Crippen molar-refractivity contribution in [3.05, 3.63) is 76.3 Å². The fraction of sp³-hybridized carbons (Fsp3) is 0.348. The number of aryl methyl sites for hydroxylation is 1. The van der Waals surface area contributed by atoms with Gasteiger partial charge in [0.1, 0.15) is 16.5 Å².